The van der Waals surface area contributed by atoms with Crippen LogP contribution in [0.5, 0.6) is 5.88 Å². The highest BCUT2D eigenvalue weighted by Gasteiger charge is 2.19. The third-order valence-electron chi connectivity index (χ3n) is 5.77. The van der Waals surface area contributed by atoms with Gasteiger partial charge in [-0.25, -0.2) is 4.99 Å². The molecule has 1 amide bonds. The van der Waals surface area contributed by atoms with Gasteiger partial charge in [0.15, 0.2) is 5.88 Å². The van der Waals surface area contributed by atoms with E-state index in [1.54, 1.807) is 19.2 Å². The first-order valence-corrected chi connectivity index (χ1v) is 11.8. The second-order valence-corrected chi connectivity index (χ2v) is 9.21. The van der Waals surface area contributed by atoms with Gasteiger partial charge >= 0.3 is 0 Å². The molecule has 35 heavy (non-hydrogen) atoms. The number of H-pyrrole nitrogens is 1. The maximum absolute atomic E-state index is 11.8. The number of hydrogen-bond donors (Lipinski definition) is 3. The Bertz CT molecular complexity index is 1370. The third kappa shape index (κ3) is 5.91. The van der Waals surface area contributed by atoms with Gasteiger partial charge in [0.2, 0.25) is 5.91 Å². The normalized spacial score (nSPS) is 11.9. The number of aromatic hydroxyl groups is 1. The Morgan fingerprint density at radius 3 is 2.54 bits per heavy atom. The zero-order valence-electron chi connectivity index (χ0n) is 20.1. The average Bonchev–Trinajstić information content (AvgIpc) is 3.16. The van der Waals surface area contributed by atoms with Crippen molar-refractivity contribution < 1.29 is 9.90 Å². The number of nitrogens with one attached hydrogen (secondary N) is 2. The van der Waals surface area contributed by atoms with Gasteiger partial charge in [0.25, 0.3) is 0 Å². The smallest absolute Gasteiger partial charge is 0.220 e. The van der Waals surface area contributed by atoms with Gasteiger partial charge in [-0.15, -0.1) is 0 Å². The lowest BCUT2D eigenvalue weighted by Crippen LogP contribution is -2.18. The summed E-state index contributed by atoms with van der Waals surface area (Å²) < 4.78 is 0. The van der Waals surface area contributed by atoms with Crippen LogP contribution in [-0.4, -0.2) is 47.8 Å². The van der Waals surface area contributed by atoms with Gasteiger partial charge in [-0.2, -0.15) is 0 Å². The Kier molecular flexibility index (Phi) is 7.54. The number of amides is 1. The first kappa shape index (κ1) is 24.5. The molecule has 0 saturated carbocycles. The van der Waals surface area contributed by atoms with Crippen LogP contribution in [0.4, 0.5) is 5.69 Å². The molecule has 6 nitrogen and oxygen atoms in total. The fourth-order valence-electron chi connectivity index (χ4n) is 4.09. The summed E-state index contributed by atoms with van der Waals surface area (Å²) in [6.45, 7) is 0.841. The summed E-state index contributed by atoms with van der Waals surface area (Å²) in [4.78, 5) is 21.9. The Morgan fingerprint density at radius 2 is 1.83 bits per heavy atom. The maximum Gasteiger partial charge on any atom is 0.220 e. The van der Waals surface area contributed by atoms with Crippen molar-refractivity contribution in [2.75, 3.05) is 21.1 Å². The molecule has 7 heteroatoms. The van der Waals surface area contributed by atoms with E-state index >= 15 is 0 Å². The summed E-state index contributed by atoms with van der Waals surface area (Å²) in [6, 6.07) is 21.5. The number of rotatable bonds is 8. The van der Waals surface area contributed by atoms with Crippen LogP contribution in [0.3, 0.4) is 0 Å². The number of benzene rings is 3. The van der Waals surface area contributed by atoms with Crippen LogP contribution >= 0.6 is 11.6 Å². The molecule has 0 fully saturated rings. The molecule has 180 valence electrons. The Labute approximate surface area is 210 Å². The van der Waals surface area contributed by atoms with Crippen LogP contribution in [0.15, 0.2) is 71.7 Å². The van der Waals surface area contributed by atoms with Crippen LogP contribution in [0.1, 0.15) is 28.7 Å². The molecule has 0 aliphatic carbocycles. The van der Waals surface area contributed by atoms with Crippen molar-refractivity contribution in [2.45, 2.75) is 19.4 Å². The van der Waals surface area contributed by atoms with E-state index in [9.17, 15) is 9.90 Å². The third-order valence-corrected chi connectivity index (χ3v) is 6.01. The molecule has 0 atom stereocenters. The van der Waals surface area contributed by atoms with Gasteiger partial charge in [-0.05, 0) is 62.0 Å². The predicted molar refractivity (Wildman–Crippen MR) is 143 cm³/mol. The first-order chi connectivity index (χ1) is 16.8. The fraction of sp³-hybridized carbons (Fsp3) is 0.214. The molecular formula is C28H29ClN4O2. The van der Waals surface area contributed by atoms with E-state index in [4.69, 9.17) is 16.6 Å². The summed E-state index contributed by atoms with van der Waals surface area (Å²) >= 11 is 6.18. The second kappa shape index (κ2) is 10.8. The van der Waals surface area contributed by atoms with Crippen LogP contribution in [0.2, 0.25) is 5.02 Å². The molecule has 3 N–H and O–H groups in total. The largest absolute Gasteiger partial charge is 0.494 e. The molecule has 0 aliphatic rings. The van der Waals surface area contributed by atoms with E-state index < -0.39 is 0 Å². The number of aliphatic imine (C=N–C) groups is 1. The topological polar surface area (TPSA) is 80.7 Å². The average molecular weight is 489 g/mol. The highest BCUT2D eigenvalue weighted by molar-refractivity contribution is 6.31. The van der Waals surface area contributed by atoms with Crippen molar-refractivity contribution in [2.24, 2.45) is 4.99 Å². The lowest BCUT2D eigenvalue weighted by Gasteiger charge is -2.11. The summed E-state index contributed by atoms with van der Waals surface area (Å²) in [7, 11) is 5.71. The lowest BCUT2D eigenvalue weighted by atomic mass is 9.97. The van der Waals surface area contributed by atoms with Crippen molar-refractivity contribution in [3.05, 3.63) is 94.0 Å². The minimum atomic E-state index is -0.00624. The first-order valence-electron chi connectivity index (χ1n) is 11.5. The summed E-state index contributed by atoms with van der Waals surface area (Å²) in [5.41, 5.74) is 5.81. The predicted octanol–water partition coefficient (Wildman–Crippen LogP) is 5.44. The SMILES string of the molecule is CNC(=O)CCc1cccc(C(=Nc2ccc(CN(C)C)cc2)c2c(O)[nH]c3cc(Cl)ccc23)c1. The summed E-state index contributed by atoms with van der Waals surface area (Å²) in [6.07, 6.45) is 1.01. The Balaban J connectivity index is 1.82. The molecular weight excluding hydrogens is 460 g/mol. The van der Waals surface area contributed by atoms with Crippen LogP contribution < -0.4 is 5.32 Å². The molecule has 0 radical (unpaired) electrons. The maximum atomic E-state index is 11.8. The number of nitrogens with zero attached hydrogens (tertiary/aromatic N) is 2. The molecule has 0 bridgehead atoms. The van der Waals surface area contributed by atoms with E-state index in [0.717, 1.165) is 34.3 Å². The number of aromatic nitrogens is 1. The molecule has 3 aromatic carbocycles. The van der Waals surface area contributed by atoms with Crippen molar-refractivity contribution in [3.8, 4) is 5.88 Å². The number of hydrogen-bond acceptors (Lipinski definition) is 4. The summed E-state index contributed by atoms with van der Waals surface area (Å²) in [5, 5.41) is 15.0. The van der Waals surface area contributed by atoms with Gasteiger partial charge in [0.1, 0.15) is 0 Å². The van der Waals surface area contributed by atoms with E-state index in [1.807, 2.05) is 56.6 Å². The van der Waals surface area contributed by atoms with Crippen LogP contribution in [0, 0.1) is 0 Å². The van der Waals surface area contributed by atoms with E-state index in [1.165, 1.54) is 5.56 Å². The minimum Gasteiger partial charge on any atom is -0.494 e. The molecule has 1 heterocycles. The van der Waals surface area contributed by atoms with Gasteiger partial charge in [-0.1, -0.05) is 48.0 Å². The number of carbonyl (C=O) groups is 1. The Hall–Kier alpha value is -3.61. The molecule has 0 aliphatic heterocycles. The van der Waals surface area contributed by atoms with Gasteiger partial charge in [0.05, 0.1) is 22.5 Å². The van der Waals surface area contributed by atoms with E-state index in [-0.39, 0.29) is 11.8 Å². The minimum absolute atomic E-state index is 0.00624. The quantitative estimate of drug-likeness (QED) is 0.289. The van der Waals surface area contributed by atoms with Crippen molar-refractivity contribution in [1.82, 2.24) is 15.2 Å². The number of fused-ring (bicyclic) bond motifs is 1. The number of halogens is 1. The standard InChI is InChI=1S/C28H29ClN4O2/c1-30-25(34)14-9-18-5-4-6-20(15-18)27(31-22-11-7-19(8-12-22)17-33(2)3)26-23-13-10-21(29)16-24(23)32-28(26)35/h4-8,10-13,15-16,32,35H,9,14,17H2,1-3H3,(H,30,34). The van der Waals surface area contributed by atoms with Crippen molar-refractivity contribution in [3.63, 3.8) is 0 Å². The number of aromatic amines is 1. The number of aryl methyl sites for hydroxylation is 1. The molecule has 4 aromatic rings. The second-order valence-electron chi connectivity index (χ2n) is 8.78. The lowest BCUT2D eigenvalue weighted by molar-refractivity contribution is -0.120. The van der Waals surface area contributed by atoms with Crippen LogP contribution in [0.25, 0.3) is 10.9 Å². The molecule has 1 aromatic heterocycles. The summed E-state index contributed by atoms with van der Waals surface area (Å²) in [5.74, 6) is 0.0225. The van der Waals surface area contributed by atoms with E-state index in [2.05, 4.69) is 27.3 Å². The van der Waals surface area contributed by atoms with Gasteiger partial charge in [-0.3, -0.25) is 4.79 Å². The monoisotopic (exact) mass is 488 g/mol. The van der Waals surface area contributed by atoms with Crippen LogP contribution in [-0.2, 0) is 17.8 Å². The van der Waals surface area contributed by atoms with Gasteiger partial charge in [0, 0.05) is 36.0 Å². The highest BCUT2D eigenvalue weighted by Crippen LogP contribution is 2.33. The Morgan fingerprint density at radius 1 is 1.06 bits per heavy atom. The number of carbonyl (C=O) groups excluding carboxylic acids is 1. The fourth-order valence-corrected chi connectivity index (χ4v) is 4.26. The zero-order valence-corrected chi connectivity index (χ0v) is 20.9. The molecule has 4 rings (SSSR count). The zero-order chi connectivity index (χ0) is 24.9. The van der Waals surface area contributed by atoms with Crippen molar-refractivity contribution >= 4 is 39.8 Å². The molecule has 0 saturated heterocycles. The molecule has 0 spiro atoms. The van der Waals surface area contributed by atoms with E-state index in [0.29, 0.717) is 29.1 Å². The molecule has 0 unspecified atom stereocenters. The van der Waals surface area contributed by atoms with Crippen molar-refractivity contribution in [1.29, 1.82) is 0 Å². The highest BCUT2D eigenvalue weighted by atomic mass is 35.5. The van der Waals surface area contributed by atoms with Gasteiger partial charge < -0.3 is 20.3 Å².